The summed E-state index contributed by atoms with van der Waals surface area (Å²) in [5.41, 5.74) is 9.77. The first-order chi connectivity index (χ1) is 18.8. The van der Waals surface area contributed by atoms with Gasteiger partial charge in [0.1, 0.15) is 16.6 Å². The monoisotopic (exact) mass is 540 g/mol. The fourth-order valence-corrected chi connectivity index (χ4v) is 5.61. The van der Waals surface area contributed by atoms with Crippen molar-refractivity contribution in [2.75, 3.05) is 11.5 Å². The van der Waals surface area contributed by atoms with Gasteiger partial charge in [-0.3, -0.25) is 19.8 Å². The molecule has 0 fully saturated rings. The van der Waals surface area contributed by atoms with Gasteiger partial charge in [0.25, 0.3) is 5.69 Å². The van der Waals surface area contributed by atoms with Crippen molar-refractivity contribution in [3.8, 4) is 11.8 Å². The third-order valence-corrected chi connectivity index (χ3v) is 7.47. The predicted molar refractivity (Wildman–Crippen MR) is 148 cm³/mol. The molecule has 0 saturated carbocycles. The Morgan fingerprint density at radius 3 is 2.46 bits per heavy atom. The maximum atomic E-state index is 13.9. The maximum absolute atomic E-state index is 13.9. The van der Waals surface area contributed by atoms with Crippen molar-refractivity contribution < 1.29 is 14.5 Å². The Labute approximate surface area is 230 Å². The van der Waals surface area contributed by atoms with E-state index in [2.05, 4.69) is 6.07 Å². The Hall–Kier alpha value is -4.61. The van der Waals surface area contributed by atoms with E-state index in [0.29, 0.717) is 35.7 Å². The van der Waals surface area contributed by atoms with Gasteiger partial charge in [-0.1, -0.05) is 54.1 Å². The first-order valence-electron chi connectivity index (χ1n) is 12.5. The number of nitro groups is 1. The van der Waals surface area contributed by atoms with Crippen LogP contribution in [0.15, 0.2) is 95.5 Å². The third-order valence-electron chi connectivity index (χ3n) is 7.15. The summed E-state index contributed by atoms with van der Waals surface area (Å²) >= 11 is 6.09. The largest absolute Gasteiger partial charge is 0.494 e. The van der Waals surface area contributed by atoms with E-state index in [1.165, 1.54) is 12.1 Å². The fourth-order valence-electron chi connectivity index (χ4n) is 5.42. The van der Waals surface area contributed by atoms with E-state index >= 15 is 0 Å². The molecule has 0 aromatic heterocycles. The number of benzene rings is 3. The highest BCUT2D eigenvalue weighted by Crippen LogP contribution is 2.49. The summed E-state index contributed by atoms with van der Waals surface area (Å²) in [5, 5.41) is 21.9. The van der Waals surface area contributed by atoms with Crippen molar-refractivity contribution in [3.63, 3.8) is 0 Å². The molecular formula is C30H25ClN4O4. The Morgan fingerprint density at radius 1 is 1.10 bits per heavy atom. The number of nitriles is 1. The van der Waals surface area contributed by atoms with Crippen LogP contribution >= 0.6 is 11.6 Å². The summed E-state index contributed by atoms with van der Waals surface area (Å²) in [6.45, 7) is 2.40. The summed E-state index contributed by atoms with van der Waals surface area (Å²) in [6, 6.07) is 23.6. The van der Waals surface area contributed by atoms with Gasteiger partial charge in [-0.05, 0) is 54.7 Å². The smallest absolute Gasteiger partial charge is 0.289 e. The molecule has 2 aliphatic rings. The van der Waals surface area contributed by atoms with Crippen LogP contribution in [0.4, 0.5) is 11.4 Å². The Balaban J connectivity index is 1.72. The van der Waals surface area contributed by atoms with E-state index in [1.807, 2.05) is 49.4 Å². The maximum Gasteiger partial charge on any atom is 0.289 e. The van der Waals surface area contributed by atoms with Crippen molar-refractivity contribution in [1.29, 1.82) is 5.26 Å². The van der Waals surface area contributed by atoms with Crippen LogP contribution in [0.25, 0.3) is 0 Å². The standard InChI is InChI=1S/C30H25ClN4O4/c1-2-39-22-11-8-19(9-12-22)28-23(17-32)30(33)34(21-10-13-24(31)25(16-21)35(37)38)26-14-20(15-27(36)29(26)28)18-6-4-3-5-7-18/h3-13,16,20,28H,2,14-15,33H2,1H3/t20-,28-/m0/s1. The zero-order valence-electron chi connectivity index (χ0n) is 21.1. The van der Waals surface area contributed by atoms with Gasteiger partial charge in [-0.2, -0.15) is 5.26 Å². The van der Waals surface area contributed by atoms with E-state index in [1.54, 1.807) is 23.1 Å². The number of nitrogens with zero attached hydrogens (tertiary/aromatic N) is 3. The number of hydrogen-bond donors (Lipinski definition) is 1. The van der Waals surface area contributed by atoms with Crippen molar-refractivity contribution in [1.82, 2.24) is 0 Å². The molecule has 0 bridgehead atoms. The number of carbonyl (C=O) groups is 1. The van der Waals surface area contributed by atoms with E-state index < -0.39 is 10.8 Å². The minimum absolute atomic E-state index is 0.0211. The molecule has 1 heterocycles. The van der Waals surface area contributed by atoms with Crippen LogP contribution in [0.1, 0.15) is 42.7 Å². The second-order valence-corrected chi connectivity index (χ2v) is 9.78. The molecule has 196 valence electrons. The summed E-state index contributed by atoms with van der Waals surface area (Å²) < 4.78 is 5.57. The summed E-state index contributed by atoms with van der Waals surface area (Å²) in [6.07, 6.45) is 0.720. The van der Waals surface area contributed by atoms with Gasteiger partial charge in [0.2, 0.25) is 0 Å². The molecule has 0 spiro atoms. The van der Waals surface area contributed by atoms with Gasteiger partial charge in [0.15, 0.2) is 5.78 Å². The average molecular weight is 541 g/mol. The first-order valence-corrected chi connectivity index (χ1v) is 12.9. The molecule has 0 radical (unpaired) electrons. The summed E-state index contributed by atoms with van der Waals surface area (Å²) in [7, 11) is 0. The number of ether oxygens (including phenoxy) is 1. The molecule has 2 atom stereocenters. The summed E-state index contributed by atoms with van der Waals surface area (Å²) in [5.74, 6) is -0.106. The predicted octanol–water partition coefficient (Wildman–Crippen LogP) is 6.35. The number of Topliss-reactive ketones (excluding diaryl/α,β-unsaturated/α-hetero) is 1. The SMILES string of the molecule is CCOc1ccc([C@H]2C(C#N)=C(N)N(c3ccc(Cl)c([N+](=O)[O-])c3)C3=C2C(=O)C[C@@H](c2ccccc2)C3)cc1. The first kappa shape index (κ1) is 26.0. The Kier molecular flexibility index (Phi) is 7.09. The molecule has 0 amide bonds. The van der Waals surface area contributed by atoms with E-state index in [4.69, 9.17) is 22.1 Å². The third kappa shape index (κ3) is 4.73. The molecule has 39 heavy (non-hydrogen) atoms. The number of carbonyl (C=O) groups excluding carboxylic acids is 1. The zero-order valence-corrected chi connectivity index (χ0v) is 21.9. The topological polar surface area (TPSA) is 122 Å². The van der Waals surface area contributed by atoms with Gasteiger partial charge in [-0.25, -0.2) is 0 Å². The number of rotatable bonds is 6. The number of nitro benzene ring substituents is 1. The van der Waals surface area contributed by atoms with Gasteiger partial charge >= 0.3 is 0 Å². The number of nitrogens with two attached hydrogens (primary N) is 1. The Bertz CT molecular complexity index is 1560. The average Bonchev–Trinajstić information content (AvgIpc) is 2.94. The molecule has 2 N–H and O–H groups in total. The lowest BCUT2D eigenvalue weighted by Gasteiger charge is -2.41. The number of allylic oxidation sites excluding steroid dienone is 3. The zero-order chi connectivity index (χ0) is 27.7. The Morgan fingerprint density at radius 2 is 1.82 bits per heavy atom. The van der Waals surface area contributed by atoms with Gasteiger partial charge < -0.3 is 10.5 Å². The molecule has 1 aliphatic heterocycles. The molecule has 8 nitrogen and oxygen atoms in total. The molecule has 5 rings (SSSR count). The normalized spacial score (nSPS) is 19.0. The molecule has 0 saturated heterocycles. The lowest BCUT2D eigenvalue weighted by Crippen LogP contribution is -2.40. The molecular weight excluding hydrogens is 516 g/mol. The molecule has 9 heteroatoms. The lowest BCUT2D eigenvalue weighted by atomic mass is 9.72. The second-order valence-electron chi connectivity index (χ2n) is 9.37. The number of halogens is 1. The van der Waals surface area contributed by atoms with Crippen LogP contribution in [0.5, 0.6) is 5.75 Å². The highest BCUT2D eigenvalue weighted by atomic mass is 35.5. The van der Waals surface area contributed by atoms with Crippen molar-refractivity contribution in [3.05, 3.63) is 122 Å². The van der Waals surface area contributed by atoms with Gasteiger partial charge in [0, 0.05) is 23.8 Å². The van der Waals surface area contributed by atoms with Crippen molar-refractivity contribution in [2.24, 2.45) is 5.73 Å². The number of ketones is 1. The lowest BCUT2D eigenvalue weighted by molar-refractivity contribution is -0.384. The molecule has 3 aromatic rings. The highest BCUT2D eigenvalue weighted by molar-refractivity contribution is 6.32. The second kappa shape index (κ2) is 10.6. The van der Waals surface area contributed by atoms with Gasteiger partial charge in [-0.15, -0.1) is 0 Å². The van der Waals surface area contributed by atoms with E-state index in [-0.39, 0.29) is 40.2 Å². The molecule has 3 aromatic carbocycles. The van der Waals surface area contributed by atoms with Gasteiger partial charge in [0.05, 0.1) is 34.8 Å². The number of anilines is 1. The highest BCUT2D eigenvalue weighted by Gasteiger charge is 2.43. The van der Waals surface area contributed by atoms with Crippen LogP contribution in [0, 0.1) is 21.4 Å². The van der Waals surface area contributed by atoms with Crippen molar-refractivity contribution in [2.45, 2.75) is 31.6 Å². The van der Waals surface area contributed by atoms with E-state index in [0.717, 1.165) is 11.1 Å². The van der Waals surface area contributed by atoms with Crippen LogP contribution in [0.3, 0.4) is 0 Å². The molecule has 1 aliphatic carbocycles. The van der Waals surface area contributed by atoms with Crippen LogP contribution < -0.4 is 15.4 Å². The minimum Gasteiger partial charge on any atom is -0.494 e. The van der Waals surface area contributed by atoms with E-state index in [9.17, 15) is 20.2 Å². The minimum atomic E-state index is -0.677. The van der Waals surface area contributed by atoms with Crippen LogP contribution in [0.2, 0.25) is 5.02 Å². The van der Waals surface area contributed by atoms with Crippen LogP contribution in [-0.4, -0.2) is 17.3 Å². The quantitative estimate of drug-likeness (QED) is 0.285. The number of hydrogen-bond acceptors (Lipinski definition) is 7. The molecule has 0 unspecified atom stereocenters. The van der Waals surface area contributed by atoms with Crippen LogP contribution in [-0.2, 0) is 4.79 Å². The summed E-state index contributed by atoms with van der Waals surface area (Å²) in [4.78, 5) is 26.6. The fraction of sp³-hybridized carbons (Fsp3) is 0.200. The van der Waals surface area contributed by atoms with Crippen molar-refractivity contribution >= 4 is 28.8 Å².